The highest BCUT2D eigenvalue weighted by Crippen LogP contribution is 2.22. The SMILES string of the molecule is CC(=NNC(=O)c1ccccn1)c1ccc(Br)s1. The highest BCUT2D eigenvalue weighted by molar-refractivity contribution is 9.11. The topological polar surface area (TPSA) is 54.4 Å². The second-order valence-electron chi connectivity index (χ2n) is 3.46. The van der Waals surface area contributed by atoms with Crippen LogP contribution in [-0.4, -0.2) is 16.6 Å². The molecule has 0 radical (unpaired) electrons. The highest BCUT2D eigenvalue weighted by atomic mass is 79.9. The molecule has 0 unspecified atom stereocenters. The highest BCUT2D eigenvalue weighted by Gasteiger charge is 2.06. The first-order chi connectivity index (χ1) is 8.66. The van der Waals surface area contributed by atoms with Crippen LogP contribution in [0.1, 0.15) is 22.3 Å². The average molecular weight is 324 g/mol. The quantitative estimate of drug-likeness (QED) is 0.697. The zero-order chi connectivity index (χ0) is 13.0. The Balaban J connectivity index is 2.05. The fourth-order valence-electron chi connectivity index (χ4n) is 1.25. The summed E-state index contributed by atoms with van der Waals surface area (Å²) in [6.07, 6.45) is 1.57. The monoisotopic (exact) mass is 323 g/mol. The Bertz CT molecular complexity index is 580. The van der Waals surface area contributed by atoms with Gasteiger partial charge in [-0.05, 0) is 47.1 Å². The van der Waals surface area contributed by atoms with Gasteiger partial charge in [0.2, 0.25) is 0 Å². The van der Waals surface area contributed by atoms with Gasteiger partial charge in [-0.15, -0.1) is 11.3 Å². The molecule has 2 aromatic heterocycles. The predicted molar refractivity (Wildman–Crippen MR) is 75.9 cm³/mol. The van der Waals surface area contributed by atoms with Crippen molar-refractivity contribution in [2.45, 2.75) is 6.92 Å². The van der Waals surface area contributed by atoms with E-state index >= 15 is 0 Å². The molecule has 1 amide bonds. The van der Waals surface area contributed by atoms with Gasteiger partial charge in [-0.2, -0.15) is 5.10 Å². The van der Waals surface area contributed by atoms with E-state index in [1.807, 2.05) is 19.1 Å². The smallest absolute Gasteiger partial charge is 0.266 e. The van der Waals surface area contributed by atoms with Gasteiger partial charge in [0.25, 0.3) is 5.91 Å². The van der Waals surface area contributed by atoms with E-state index in [1.165, 1.54) is 0 Å². The molecule has 1 N–H and O–H groups in total. The molecule has 0 spiro atoms. The number of pyridine rings is 1. The van der Waals surface area contributed by atoms with Crippen molar-refractivity contribution in [2.24, 2.45) is 5.10 Å². The van der Waals surface area contributed by atoms with E-state index < -0.39 is 0 Å². The molecule has 92 valence electrons. The number of nitrogens with zero attached hydrogens (tertiary/aromatic N) is 2. The van der Waals surface area contributed by atoms with Crippen LogP contribution in [0.4, 0.5) is 0 Å². The van der Waals surface area contributed by atoms with Crippen LogP contribution in [0.5, 0.6) is 0 Å². The van der Waals surface area contributed by atoms with Crippen molar-refractivity contribution >= 4 is 38.9 Å². The summed E-state index contributed by atoms with van der Waals surface area (Å²) in [7, 11) is 0. The molecule has 2 heterocycles. The normalized spacial score (nSPS) is 11.3. The van der Waals surface area contributed by atoms with Gasteiger partial charge in [-0.25, -0.2) is 5.43 Å². The maximum atomic E-state index is 11.7. The Morgan fingerprint density at radius 3 is 2.83 bits per heavy atom. The van der Waals surface area contributed by atoms with Gasteiger partial charge >= 0.3 is 0 Å². The summed E-state index contributed by atoms with van der Waals surface area (Å²) in [5.74, 6) is -0.314. The minimum absolute atomic E-state index is 0.314. The molecule has 0 bridgehead atoms. The summed E-state index contributed by atoms with van der Waals surface area (Å²) in [5.41, 5.74) is 3.59. The first-order valence-electron chi connectivity index (χ1n) is 5.18. The Morgan fingerprint density at radius 2 is 2.22 bits per heavy atom. The van der Waals surface area contributed by atoms with Crippen molar-refractivity contribution in [1.29, 1.82) is 0 Å². The number of aromatic nitrogens is 1. The molecule has 0 fully saturated rings. The Labute approximate surface area is 117 Å². The molecule has 0 aliphatic carbocycles. The fourth-order valence-corrected chi connectivity index (χ4v) is 2.58. The van der Waals surface area contributed by atoms with E-state index in [2.05, 4.69) is 31.4 Å². The molecule has 4 nitrogen and oxygen atoms in total. The molecule has 18 heavy (non-hydrogen) atoms. The van der Waals surface area contributed by atoms with E-state index in [0.29, 0.717) is 5.69 Å². The first-order valence-corrected chi connectivity index (χ1v) is 6.79. The third kappa shape index (κ3) is 3.24. The third-order valence-electron chi connectivity index (χ3n) is 2.15. The number of halogens is 1. The lowest BCUT2D eigenvalue weighted by Gasteiger charge is -2.00. The van der Waals surface area contributed by atoms with E-state index in [4.69, 9.17) is 0 Å². The zero-order valence-corrected chi connectivity index (χ0v) is 12.0. The van der Waals surface area contributed by atoms with E-state index in [9.17, 15) is 4.79 Å². The van der Waals surface area contributed by atoms with Crippen LogP contribution in [0.3, 0.4) is 0 Å². The number of rotatable bonds is 3. The molecular formula is C12H10BrN3OS. The second kappa shape index (κ2) is 5.88. The third-order valence-corrected chi connectivity index (χ3v) is 3.88. The summed E-state index contributed by atoms with van der Waals surface area (Å²) in [6, 6.07) is 9.05. The minimum Gasteiger partial charge on any atom is -0.266 e. The van der Waals surface area contributed by atoms with Crippen molar-refractivity contribution in [3.8, 4) is 0 Å². The minimum atomic E-state index is -0.314. The standard InChI is InChI=1S/C12H10BrN3OS/c1-8(10-5-6-11(13)18-10)15-16-12(17)9-4-2-3-7-14-9/h2-7H,1H3,(H,16,17). The molecule has 6 heteroatoms. The number of carbonyl (C=O) groups excluding carboxylic acids is 1. The molecule has 0 saturated heterocycles. The van der Waals surface area contributed by atoms with Crippen molar-refractivity contribution in [1.82, 2.24) is 10.4 Å². The number of hydrogen-bond acceptors (Lipinski definition) is 4. The van der Waals surface area contributed by atoms with Crippen molar-refractivity contribution in [3.63, 3.8) is 0 Å². The number of nitrogens with one attached hydrogen (secondary N) is 1. The lowest BCUT2D eigenvalue weighted by Crippen LogP contribution is -2.20. The molecule has 2 aromatic rings. The lowest BCUT2D eigenvalue weighted by molar-refractivity contribution is 0.0950. The largest absolute Gasteiger partial charge is 0.289 e. The van der Waals surface area contributed by atoms with Gasteiger partial charge in [0.1, 0.15) is 5.69 Å². The summed E-state index contributed by atoms with van der Waals surface area (Å²) in [4.78, 5) is 16.6. The van der Waals surface area contributed by atoms with Crippen LogP contribution < -0.4 is 5.43 Å². The molecule has 0 aliphatic rings. The summed E-state index contributed by atoms with van der Waals surface area (Å²) in [6.45, 7) is 1.84. The van der Waals surface area contributed by atoms with Gasteiger partial charge in [0.05, 0.1) is 14.4 Å². The zero-order valence-electron chi connectivity index (χ0n) is 9.55. The fraction of sp³-hybridized carbons (Fsp3) is 0.0833. The molecule has 0 saturated carbocycles. The van der Waals surface area contributed by atoms with Crippen molar-refractivity contribution in [3.05, 3.63) is 50.9 Å². The van der Waals surface area contributed by atoms with Crippen LogP contribution in [0.2, 0.25) is 0 Å². The van der Waals surface area contributed by atoms with Crippen molar-refractivity contribution < 1.29 is 4.79 Å². The predicted octanol–water partition coefficient (Wildman–Crippen LogP) is 3.06. The summed E-state index contributed by atoms with van der Waals surface area (Å²) >= 11 is 4.95. The van der Waals surface area contributed by atoms with Gasteiger partial charge in [0.15, 0.2) is 0 Å². The average Bonchev–Trinajstić information content (AvgIpc) is 2.83. The van der Waals surface area contributed by atoms with Crippen LogP contribution in [-0.2, 0) is 0 Å². The Hall–Kier alpha value is -1.53. The summed E-state index contributed by atoms with van der Waals surface area (Å²) in [5, 5.41) is 4.05. The lowest BCUT2D eigenvalue weighted by atomic mass is 10.3. The van der Waals surface area contributed by atoms with Crippen LogP contribution in [0.15, 0.2) is 45.4 Å². The second-order valence-corrected chi connectivity index (χ2v) is 5.92. The molecule has 2 rings (SSSR count). The molecule has 0 atom stereocenters. The first kappa shape index (κ1) is 12.9. The number of hydrogen-bond donors (Lipinski definition) is 1. The Morgan fingerprint density at radius 1 is 1.39 bits per heavy atom. The van der Waals surface area contributed by atoms with Crippen LogP contribution in [0.25, 0.3) is 0 Å². The van der Waals surface area contributed by atoms with Gasteiger partial charge < -0.3 is 0 Å². The van der Waals surface area contributed by atoms with E-state index in [0.717, 1.165) is 14.4 Å². The number of carbonyl (C=O) groups is 1. The number of hydrazone groups is 1. The maximum Gasteiger partial charge on any atom is 0.289 e. The van der Waals surface area contributed by atoms with Gasteiger partial charge in [-0.1, -0.05) is 6.07 Å². The maximum absolute atomic E-state index is 11.7. The molecular weight excluding hydrogens is 314 g/mol. The molecule has 0 aliphatic heterocycles. The van der Waals surface area contributed by atoms with E-state index in [1.54, 1.807) is 35.7 Å². The van der Waals surface area contributed by atoms with Gasteiger partial charge in [0, 0.05) is 6.20 Å². The van der Waals surface area contributed by atoms with Crippen LogP contribution >= 0.6 is 27.3 Å². The van der Waals surface area contributed by atoms with Crippen molar-refractivity contribution in [2.75, 3.05) is 0 Å². The summed E-state index contributed by atoms with van der Waals surface area (Å²) < 4.78 is 1.03. The molecule has 0 aromatic carbocycles. The van der Waals surface area contributed by atoms with Crippen LogP contribution in [0, 0.1) is 0 Å². The number of amides is 1. The Kier molecular flexibility index (Phi) is 4.22. The number of thiophene rings is 1. The van der Waals surface area contributed by atoms with E-state index in [-0.39, 0.29) is 5.91 Å². The van der Waals surface area contributed by atoms with Gasteiger partial charge in [-0.3, -0.25) is 9.78 Å².